The molecule has 4 atom stereocenters. The maximum absolute atomic E-state index is 11.1. The minimum atomic E-state index is -0.545. The topological polar surface area (TPSA) is 46.5 Å². The van der Waals surface area contributed by atoms with E-state index < -0.39 is 6.10 Å². The molecule has 0 aromatic heterocycles. The maximum atomic E-state index is 11.1. The molecule has 1 rings (SSSR count). The summed E-state index contributed by atoms with van der Waals surface area (Å²) in [5.74, 6) is -0.585. The van der Waals surface area contributed by atoms with Crippen LogP contribution in [0.15, 0.2) is 0 Å². The fourth-order valence-electron chi connectivity index (χ4n) is 1.63. The van der Waals surface area contributed by atoms with Crippen LogP contribution in [0.1, 0.15) is 27.2 Å². The lowest BCUT2D eigenvalue weighted by Crippen LogP contribution is -2.46. The Balaban J connectivity index is 2.70. The highest BCUT2D eigenvalue weighted by molar-refractivity contribution is 5.73. The van der Waals surface area contributed by atoms with Gasteiger partial charge in [0.15, 0.2) is 0 Å². The monoisotopic (exact) mass is 172 g/mol. The van der Waals surface area contributed by atoms with Gasteiger partial charge in [-0.25, -0.2) is 0 Å². The number of rotatable bonds is 1. The Morgan fingerprint density at radius 2 is 2.08 bits per heavy atom. The average Bonchev–Trinajstić information content (AvgIpc) is 2.08. The number of esters is 1. The number of ether oxygens (including phenoxy) is 1. The molecule has 3 nitrogen and oxygen atoms in total. The molecule has 1 aliphatic rings. The van der Waals surface area contributed by atoms with Gasteiger partial charge in [0.1, 0.15) is 6.10 Å². The molecule has 0 bridgehead atoms. The highest BCUT2D eigenvalue weighted by atomic mass is 16.5. The van der Waals surface area contributed by atoms with Gasteiger partial charge in [0.25, 0.3) is 0 Å². The molecule has 0 radical (unpaired) electrons. The third kappa shape index (κ3) is 1.46. The van der Waals surface area contributed by atoms with E-state index in [1.807, 2.05) is 13.8 Å². The zero-order valence-electron chi connectivity index (χ0n) is 7.78. The number of cyclic esters (lactones) is 1. The fraction of sp³-hybridized carbons (Fsp3) is 0.889. The quantitative estimate of drug-likeness (QED) is 0.599. The first-order chi connectivity index (χ1) is 5.57. The second kappa shape index (κ2) is 3.44. The second-order valence-electron chi connectivity index (χ2n) is 3.52. The van der Waals surface area contributed by atoms with Gasteiger partial charge < -0.3 is 9.84 Å². The van der Waals surface area contributed by atoms with Crippen molar-refractivity contribution in [1.29, 1.82) is 0 Å². The third-order valence-corrected chi connectivity index (χ3v) is 2.68. The van der Waals surface area contributed by atoms with E-state index in [9.17, 15) is 9.90 Å². The highest BCUT2D eigenvalue weighted by Gasteiger charge is 2.39. The summed E-state index contributed by atoms with van der Waals surface area (Å²) < 4.78 is 5.13. The Hall–Kier alpha value is -0.570. The molecule has 0 aliphatic carbocycles. The number of hydrogen-bond acceptors (Lipinski definition) is 3. The van der Waals surface area contributed by atoms with E-state index in [1.165, 1.54) is 0 Å². The van der Waals surface area contributed by atoms with Crippen molar-refractivity contribution < 1.29 is 14.6 Å². The van der Waals surface area contributed by atoms with E-state index in [4.69, 9.17) is 4.74 Å². The molecule has 1 N–H and O–H groups in total. The largest absolute Gasteiger partial charge is 0.462 e. The molecule has 1 fully saturated rings. The van der Waals surface area contributed by atoms with Crippen LogP contribution in [0.4, 0.5) is 0 Å². The third-order valence-electron chi connectivity index (χ3n) is 2.68. The van der Waals surface area contributed by atoms with Gasteiger partial charge in [-0.2, -0.15) is 0 Å². The summed E-state index contributed by atoms with van der Waals surface area (Å²) in [7, 11) is 0. The van der Waals surface area contributed by atoms with Crippen molar-refractivity contribution in [2.24, 2.45) is 11.8 Å². The van der Waals surface area contributed by atoms with E-state index in [1.54, 1.807) is 6.92 Å². The summed E-state index contributed by atoms with van der Waals surface area (Å²) in [6.45, 7) is 5.58. The summed E-state index contributed by atoms with van der Waals surface area (Å²) in [5.41, 5.74) is 0. The number of carbonyl (C=O) groups excluding carboxylic acids is 1. The van der Waals surface area contributed by atoms with Gasteiger partial charge in [-0.1, -0.05) is 13.8 Å². The number of aliphatic hydroxyl groups excluding tert-OH is 1. The van der Waals surface area contributed by atoms with Gasteiger partial charge >= 0.3 is 5.97 Å². The van der Waals surface area contributed by atoms with Crippen LogP contribution in [0.3, 0.4) is 0 Å². The normalized spacial score (nSPS) is 42.5. The van der Waals surface area contributed by atoms with Crippen LogP contribution < -0.4 is 0 Å². The van der Waals surface area contributed by atoms with Crippen LogP contribution in [-0.2, 0) is 9.53 Å². The van der Waals surface area contributed by atoms with Crippen molar-refractivity contribution in [1.82, 2.24) is 0 Å². The number of hydrogen-bond donors (Lipinski definition) is 1. The molecule has 0 amide bonds. The summed E-state index contributed by atoms with van der Waals surface area (Å²) in [4.78, 5) is 11.1. The van der Waals surface area contributed by atoms with Crippen LogP contribution in [0, 0.1) is 11.8 Å². The van der Waals surface area contributed by atoms with E-state index in [2.05, 4.69) is 0 Å². The molecule has 1 aliphatic heterocycles. The predicted molar refractivity (Wildman–Crippen MR) is 44.5 cm³/mol. The molecule has 1 saturated heterocycles. The van der Waals surface area contributed by atoms with Gasteiger partial charge in [-0.05, 0) is 13.3 Å². The Morgan fingerprint density at radius 3 is 2.58 bits per heavy atom. The Kier molecular flexibility index (Phi) is 2.73. The van der Waals surface area contributed by atoms with Crippen LogP contribution in [-0.4, -0.2) is 23.3 Å². The van der Waals surface area contributed by atoms with Crippen LogP contribution in [0.2, 0.25) is 0 Å². The Morgan fingerprint density at radius 1 is 1.50 bits per heavy atom. The molecule has 0 unspecified atom stereocenters. The van der Waals surface area contributed by atoms with Gasteiger partial charge in [-0.15, -0.1) is 0 Å². The van der Waals surface area contributed by atoms with Crippen molar-refractivity contribution >= 4 is 5.97 Å². The van der Waals surface area contributed by atoms with Crippen molar-refractivity contribution in [3.05, 3.63) is 0 Å². The summed E-state index contributed by atoms with van der Waals surface area (Å²) >= 11 is 0. The minimum absolute atomic E-state index is 0.0581. The zero-order valence-corrected chi connectivity index (χ0v) is 7.78. The SMILES string of the molecule is CC[C@@H]1OC(=O)[C@H](C)[C@H](O)[C@H]1C. The molecule has 0 spiro atoms. The predicted octanol–water partition coefficient (Wildman–Crippen LogP) is 0.955. The van der Waals surface area contributed by atoms with Crippen LogP contribution in [0.25, 0.3) is 0 Å². The molecule has 1 heterocycles. The van der Waals surface area contributed by atoms with E-state index >= 15 is 0 Å². The summed E-state index contributed by atoms with van der Waals surface area (Å²) in [6.07, 6.45) is 0.122. The van der Waals surface area contributed by atoms with Crippen molar-refractivity contribution in [2.45, 2.75) is 39.4 Å². The first-order valence-electron chi connectivity index (χ1n) is 4.46. The minimum Gasteiger partial charge on any atom is -0.462 e. The maximum Gasteiger partial charge on any atom is 0.311 e. The van der Waals surface area contributed by atoms with Gasteiger partial charge in [-0.3, -0.25) is 4.79 Å². The Bertz CT molecular complexity index is 177. The Labute approximate surface area is 72.7 Å². The fourth-order valence-corrected chi connectivity index (χ4v) is 1.63. The van der Waals surface area contributed by atoms with E-state index in [0.29, 0.717) is 0 Å². The average molecular weight is 172 g/mol. The lowest BCUT2D eigenvalue weighted by Gasteiger charge is -2.35. The second-order valence-corrected chi connectivity index (χ2v) is 3.52. The lowest BCUT2D eigenvalue weighted by atomic mass is 9.85. The molecular weight excluding hydrogens is 156 g/mol. The molecule has 12 heavy (non-hydrogen) atoms. The number of aliphatic hydroxyl groups is 1. The smallest absolute Gasteiger partial charge is 0.311 e. The van der Waals surface area contributed by atoms with E-state index in [-0.39, 0.29) is 23.9 Å². The molecule has 0 saturated carbocycles. The van der Waals surface area contributed by atoms with Gasteiger partial charge in [0.2, 0.25) is 0 Å². The molecular formula is C9H16O3. The van der Waals surface area contributed by atoms with Crippen LogP contribution >= 0.6 is 0 Å². The van der Waals surface area contributed by atoms with Gasteiger partial charge in [0.05, 0.1) is 12.0 Å². The van der Waals surface area contributed by atoms with Crippen molar-refractivity contribution in [3.63, 3.8) is 0 Å². The first kappa shape index (κ1) is 9.52. The standard InChI is InChI=1S/C9H16O3/c1-4-7-5(2)8(10)6(3)9(11)12-7/h5-8,10H,4H2,1-3H3/t5-,6+,7-,8+/m0/s1. The van der Waals surface area contributed by atoms with Crippen molar-refractivity contribution in [3.8, 4) is 0 Å². The zero-order chi connectivity index (χ0) is 9.30. The summed E-state index contributed by atoms with van der Waals surface area (Å²) in [5, 5.41) is 9.62. The van der Waals surface area contributed by atoms with E-state index in [0.717, 1.165) is 6.42 Å². The van der Waals surface area contributed by atoms with Crippen molar-refractivity contribution in [2.75, 3.05) is 0 Å². The highest BCUT2D eigenvalue weighted by Crippen LogP contribution is 2.27. The molecule has 0 aromatic rings. The summed E-state index contributed by atoms with van der Waals surface area (Å²) in [6, 6.07) is 0. The lowest BCUT2D eigenvalue weighted by molar-refractivity contribution is -0.177. The van der Waals surface area contributed by atoms with Gasteiger partial charge in [0, 0.05) is 5.92 Å². The molecule has 70 valence electrons. The number of carbonyl (C=O) groups is 1. The first-order valence-corrected chi connectivity index (χ1v) is 4.46. The molecule has 3 heteroatoms. The molecule has 0 aromatic carbocycles. The van der Waals surface area contributed by atoms with Crippen LogP contribution in [0.5, 0.6) is 0 Å².